The number of nitro groups is 1. The highest BCUT2D eigenvalue weighted by Crippen LogP contribution is 2.27. The SMILES string of the molecule is CCCc1cc(N2CC[C@H](NC(C)=O)C2)nc(Nc2ccc(N)c([N+](=O)[O-])c2)n1.Cl. The molecule has 0 radical (unpaired) electrons. The lowest BCUT2D eigenvalue weighted by Gasteiger charge is -2.19. The van der Waals surface area contributed by atoms with Crippen molar-refractivity contribution in [3.63, 3.8) is 0 Å². The van der Waals surface area contributed by atoms with E-state index in [9.17, 15) is 14.9 Å². The Hall–Kier alpha value is -3.14. The van der Waals surface area contributed by atoms with Gasteiger partial charge in [0.15, 0.2) is 0 Å². The number of amides is 1. The molecule has 1 amide bonds. The molecule has 3 rings (SSSR count). The maximum atomic E-state index is 11.3. The number of hydrogen-bond acceptors (Lipinski definition) is 8. The molecule has 2 heterocycles. The van der Waals surface area contributed by atoms with Crippen LogP contribution in [-0.4, -0.2) is 39.9 Å². The van der Waals surface area contributed by atoms with Crippen molar-refractivity contribution in [3.8, 4) is 0 Å². The highest BCUT2D eigenvalue weighted by Gasteiger charge is 2.25. The number of nitro benzene ring substituents is 1. The Bertz CT molecular complexity index is 925. The van der Waals surface area contributed by atoms with E-state index in [2.05, 4.69) is 32.4 Å². The Kier molecular flexibility index (Phi) is 7.76. The number of aryl methyl sites for hydroxylation is 1. The van der Waals surface area contributed by atoms with Gasteiger partial charge in [-0.25, -0.2) is 4.98 Å². The normalized spacial score (nSPS) is 15.4. The summed E-state index contributed by atoms with van der Waals surface area (Å²) in [5.41, 5.74) is 6.97. The van der Waals surface area contributed by atoms with Crippen molar-refractivity contribution in [2.24, 2.45) is 0 Å². The van der Waals surface area contributed by atoms with E-state index in [4.69, 9.17) is 5.73 Å². The minimum atomic E-state index is -0.521. The van der Waals surface area contributed by atoms with Crippen molar-refractivity contribution >= 4 is 47.1 Å². The third-order valence-corrected chi connectivity index (χ3v) is 4.67. The molecule has 0 unspecified atom stereocenters. The molecule has 1 aliphatic heterocycles. The Morgan fingerprint density at radius 1 is 1.37 bits per heavy atom. The first-order valence-electron chi connectivity index (χ1n) is 9.56. The summed E-state index contributed by atoms with van der Waals surface area (Å²) < 4.78 is 0. The van der Waals surface area contributed by atoms with Crippen molar-refractivity contribution in [1.82, 2.24) is 15.3 Å². The number of rotatable bonds is 7. The maximum Gasteiger partial charge on any atom is 0.294 e. The summed E-state index contributed by atoms with van der Waals surface area (Å²) in [4.78, 5) is 33.2. The maximum absolute atomic E-state index is 11.3. The van der Waals surface area contributed by atoms with Gasteiger partial charge in [0.05, 0.1) is 4.92 Å². The molecule has 10 nitrogen and oxygen atoms in total. The fraction of sp³-hybridized carbons (Fsp3) is 0.421. The molecule has 4 N–H and O–H groups in total. The van der Waals surface area contributed by atoms with E-state index < -0.39 is 4.92 Å². The lowest BCUT2D eigenvalue weighted by molar-refractivity contribution is -0.383. The van der Waals surface area contributed by atoms with Gasteiger partial charge in [-0.05, 0) is 25.0 Å². The average Bonchev–Trinajstić information content (AvgIpc) is 3.11. The molecule has 11 heteroatoms. The molecule has 162 valence electrons. The van der Waals surface area contributed by atoms with E-state index in [1.54, 1.807) is 6.07 Å². The van der Waals surface area contributed by atoms with E-state index in [1.807, 2.05) is 6.07 Å². The number of nitrogen functional groups attached to an aromatic ring is 1. The number of benzene rings is 1. The second-order valence-electron chi connectivity index (χ2n) is 7.08. The summed E-state index contributed by atoms with van der Waals surface area (Å²) in [5.74, 6) is 1.09. The van der Waals surface area contributed by atoms with Gasteiger partial charge in [0, 0.05) is 49.6 Å². The average molecular weight is 436 g/mol. The van der Waals surface area contributed by atoms with Gasteiger partial charge in [0.2, 0.25) is 11.9 Å². The van der Waals surface area contributed by atoms with E-state index in [-0.39, 0.29) is 35.7 Å². The summed E-state index contributed by atoms with van der Waals surface area (Å²) in [6, 6.07) is 6.55. The van der Waals surface area contributed by atoms with Crippen molar-refractivity contribution in [3.05, 3.63) is 40.1 Å². The van der Waals surface area contributed by atoms with Gasteiger partial charge in [-0.3, -0.25) is 14.9 Å². The lowest BCUT2D eigenvalue weighted by Crippen LogP contribution is -2.35. The summed E-state index contributed by atoms with van der Waals surface area (Å²) in [5, 5.41) is 17.1. The summed E-state index contributed by atoms with van der Waals surface area (Å²) in [7, 11) is 0. The summed E-state index contributed by atoms with van der Waals surface area (Å²) in [6.45, 7) is 5.04. The van der Waals surface area contributed by atoms with Crippen molar-refractivity contribution in [1.29, 1.82) is 0 Å². The Morgan fingerprint density at radius 3 is 2.80 bits per heavy atom. The van der Waals surface area contributed by atoms with Gasteiger partial charge in [0.1, 0.15) is 11.5 Å². The van der Waals surface area contributed by atoms with Crippen LogP contribution in [0.3, 0.4) is 0 Å². The molecule has 0 spiro atoms. The minimum absolute atomic E-state index is 0. The van der Waals surface area contributed by atoms with Crippen LogP contribution in [0, 0.1) is 10.1 Å². The zero-order valence-electron chi connectivity index (χ0n) is 16.9. The topological polar surface area (TPSA) is 139 Å². The highest BCUT2D eigenvalue weighted by molar-refractivity contribution is 5.85. The monoisotopic (exact) mass is 435 g/mol. The predicted octanol–water partition coefficient (Wildman–Crippen LogP) is 2.80. The molecular formula is C19H26ClN7O3. The van der Waals surface area contributed by atoms with Gasteiger partial charge in [-0.15, -0.1) is 12.4 Å². The van der Waals surface area contributed by atoms with Crippen LogP contribution in [0.4, 0.5) is 28.8 Å². The second kappa shape index (κ2) is 10.1. The molecule has 1 aromatic carbocycles. The first-order chi connectivity index (χ1) is 13.9. The van der Waals surface area contributed by atoms with Crippen LogP contribution in [0.5, 0.6) is 0 Å². The number of anilines is 4. The standard InChI is InChI=1S/C19H25N7O3.ClH/c1-3-4-13-10-18(25-8-7-15(11-25)21-12(2)27)24-19(22-13)23-14-5-6-16(20)17(9-14)26(28)29;/h5-6,9-10,15H,3-4,7-8,11,20H2,1-2H3,(H,21,27)(H,22,23,24);1H/t15-;/m0./s1. The van der Waals surface area contributed by atoms with E-state index in [0.717, 1.165) is 37.3 Å². The minimum Gasteiger partial charge on any atom is -0.393 e. The quantitative estimate of drug-likeness (QED) is 0.342. The van der Waals surface area contributed by atoms with Crippen LogP contribution >= 0.6 is 12.4 Å². The second-order valence-corrected chi connectivity index (χ2v) is 7.08. The number of hydrogen-bond donors (Lipinski definition) is 3. The number of carbonyl (C=O) groups is 1. The smallest absolute Gasteiger partial charge is 0.294 e. The van der Waals surface area contributed by atoms with Crippen LogP contribution in [0.2, 0.25) is 0 Å². The Labute approximate surface area is 180 Å². The van der Waals surface area contributed by atoms with Gasteiger partial charge in [-0.1, -0.05) is 13.3 Å². The fourth-order valence-electron chi connectivity index (χ4n) is 3.37. The Balaban J connectivity index is 0.00000320. The van der Waals surface area contributed by atoms with E-state index in [0.29, 0.717) is 18.2 Å². The zero-order valence-corrected chi connectivity index (χ0v) is 17.7. The largest absolute Gasteiger partial charge is 0.393 e. The molecule has 1 fully saturated rings. The molecule has 0 bridgehead atoms. The fourth-order valence-corrected chi connectivity index (χ4v) is 3.37. The number of aromatic nitrogens is 2. The van der Waals surface area contributed by atoms with Crippen LogP contribution < -0.4 is 21.3 Å². The molecule has 0 aliphatic carbocycles. The van der Waals surface area contributed by atoms with Crippen molar-refractivity contribution in [2.45, 2.75) is 39.2 Å². The molecular weight excluding hydrogens is 410 g/mol. The molecule has 1 aromatic heterocycles. The molecule has 1 atom stereocenters. The molecule has 30 heavy (non-hydrogen) atoms. The third-order valence-electron chi connectivity index (χ3n) is 4.67. The molecule has 2 aromatic rings. The lowest BCUT2D eigenvalue weighted by atomic mass is 10.2. The molecule has 0 saturated carbocycles. The Morgan fingerprint density at radius 2 is 2.13 bits per heavy atom. The first kappa shape index (κ1) is 23.1. The third kappa shape index (κ3) is 5.69. The van der Waals surface area contributed by atoms with Crippen LogP contribution in [0.1, 0.15) is 32.4 Å². The van der Waals surface area contributed by atoms with Crippen LogP contribution in [0.25, 0.3) is 0 Å². The van der Waals surface area contributed by atoms with Crippen LogP contribution in [-0.2, 0) is 11.2 Å². The van der Waals surface area contributed by atoms with Crippen molar-refractivity contribution in [2.75, 3.05) is 29.0 Å². The molecule has 1 saturated heterocycles. The number of nitrogens with one attached hydrogen (secondary N) is 2. The van der Waals surface area contributed by atoms with Crippen molar-refractivity contribution < 1.29 is 9.72 Å². The first-order valence-corrected chi connectivity index (χ1v) is 9.56. The van der Waals surface area contributed by atoms with E-state index >= 15 is 0 Å². The zero-order chi connectivity index (χ0) is 21.0. The van der Waals surface area contributed by atoms with Crippen LogP contribution in [0.15, 0.2) is 24.3 Å². The van der Waals surface area contributed by atoms with E-state index in [1.165, 1.54) is 19.1 Å². The summed E-state index contributed by atoms with van der Waals surface area (Å²) >= 11 is 0. The number of nitrogens with zero attached hydrogens (tertiary/aromatic N) is 4. The van der Waals surface area contributed by atoms with Gasteiger partial charge in [0.25, 0.3) is 5.69 Å². The summed E-state index contributed by atoms with van der Waals surface area (Å²) in [6.07, 6.45) is 2.56. The van der Waals surface area contributed by atoms with Gasteiger partial charge >= 0.3 is 0 Å². The predicted molar refractivity (Wildman–Crippen MR) is 119 cm³/mol. The number of carbonyl (C=O) groups excluding carboxylic acids is 1. The number of halogens is 1. The van der Waals surface area contributed by atoms with Gasteiger partial charge in [-0.2, -0.15) is 4.98 Å². The highest BCUT2D eigenvalue weighted by atomic mass is 35.5. The van der Waals surface area contributed by atoms with Gasteiger partial charge < -0.3 is 21.3 Å². The number of nitrogens with two attached hydrogens (primary N) is 1. The molecule has 1 aliphatic rings.